The molecule has 1 heterocycles. The first kappa shape index (κ1) is 14.0. The molecule has 2 unspecified atom stereocenters. The number of benzene rings is 1. The quantitative estimate of drug-likeness (QED) is 0.914. The van der Waals surface area contributed by atoms with E-state index in [1.165, 1.54) is 0 Å². The third-order valence-corrected chi connectivity index (χ3v) is 3.31. The Morgan fingerprint density at radius 2 is 2.21 bits per heavy atom. The topological polar surface area (TPSA) is 59.2 Å². The van der Waals surface area contributed by atoms with Crippen LogP contribution in [0.5, 0.6) is 0 Å². The number of nitrogens with zero attached hydrogens (tertiary/aromatic N) is 2. The molecular weight excluding hydrogens is 264 g/mol. The molecule has 0 aliphatic carbocycles. The summed E-state index contributed by atoms with van der Waals surface area (Å²) < 4.78 is 5.23. The minimum Gasteiger partial charge on any atom is -0.393 e. The summed E-state index contributed by atoms with van der Waals surface area (Å²) in [5.74, 6) is 0.992. The Kier molecular flexibility index (Phi) is 4.56. The average Bonchev–Trinajstić information content (AvgIpc) is 2.78. The number of aliphatic hydroxyl groups is 1. The molecule has 0 fully saturated rings. The lowest BCUT2D eigenvalue weighted by Gasteiger charge is -2.12. The highest BCUT2D eigenvalue weighted by atomic mass is 35.5. The molecule has 2 rings (SSSR count). The fraction of sp³-hybridized carbons (Fsp3) is 0.429. The fourth-order valence-electron chi connectivity index (χ4n) is 2.04. The zero-order chi connectivity index (χ0) is 13.8. The molecule has 1 aromatic carbocycles. The van der Waals surface area contributed by atoms with Gasteiger partial charge in [0.15, 0.2) is 5.82 Å². The van der Waals surface area contributed by atoms with Crippen LogP contribution in [0.1, 0.15) is 43.5 Å². The number of halogens is 1. The average molecular weight is 281 g/mol. The van der Waals surface area contributed by atoms with Crippen molar-refractivity contribution in [3.05, 3.63) is 46.6 Å². The second kappa shape index (κ2) is 6.17. The number of aliphatic hydroxyl groups excluding tert-OH is 1. The Labute approximate surface area is 117 Å². The lowest BCUT2D eigenvalue weighted by atomic mass is 10.0. The smallest absolute Gasteiger partial charge is 0.232 e. The Balaban J connectivity index is 2.13. The van der Waals surface area contributed by atoms with Crippen LogP contribution >= 0.6 is 11.6 Å². The van der Waals surface area contributed by atoms with Crippen LogP contribution < -0.4 is 0 Å². The van der Waals surface area contributed by atoms with Gasteiger partial charge in [0.1, 0.15) is 0 Å². The fourth-order valence-corrected chi connectivity index (χ4v) is 2.25. The van der Waals surface area contributed by atoms with E-state index < -0.39 is 6.10 Å². The first-order chi connectivity index (χ1) is 9.10. The SMILES string of the molecule is CCC(c1nc(Cc2cccc(Cl)c2)no1)C(C)O. The monoisotopic (exact) mass is 280 g/mol. The lowest BCUT2D eigenvalue weighted by Crippen LogP contribution is -2.14. The van der Waals surface area contributed by atoms with E-state index in [1.807, 2.05) is 31.2 Å². The summed E-state index contributed by atoms with van der Waals surface area (Å²) in [6.07, 6.45) is 0.834. The van der Waals surface area contributed by atoms with E-state index in [0.29, 0.717) is 23.2 Å². The molecule has 0 amide bonds. The highest BCUT2D eigenvalue weighted by Crippen LogP contribution is 2.22. The van der Waals surface area contributed by atoms with Crippen LogP contribution in [0.3, 0.4) is 0 Å². The van der Waals surface area contributed by atoms with Gasteiger partial charge in [0.2, 0.25) is 5.89 Å². The molecule has 5 heteroatoms. The summed E-state index contributed by atoms with van der Waals surface area (Å²) in [5.41, 5.74) is 1.03. The highest BCUT2D eigenvalue weighted by molar-refractivity contribution is 6.30. The van der Waals surface area contributed by atoms with Crippen LogP contribution in [-0.4, -0.2) is 21.4 Å². The summed E-state index contributed by atoms with van der Waals surface area (Å²) >= 11 is 5.93. The van der Waals surface area contributed by atoms with Crippen molar-refractivity contribution in [3.8, 4) is 0 Å². The third-order valence-electron chi connectivity index (χ3n) is 3.07. The first-order valence-corrected chi connectivity index (χ1v) is 6.73. The predicted molar refractivity (Wildman–Crippen MR) is 73.3 cm³/mol. The summed E-state index contributed by atoms with van der Waals surface area (Å²) in [5, 5.41) is 14.3. The van der Waals surface area contributed by atoms with E-state index in [2.05, 4.69) is 10.1 Å². The van der Waals surface area contributed by atoms with Crippen molar-refractivity contribution in [3.63, 3.8) is 0 Å². The number of aromatic nitrogens is 2. The van der Waals surface area contributed by atoms with Crippen LogP contribution in [0.25, 0.3) is 0 Å². The van der Waals surface area contributed by atoms with Gasteiger partial charge in [-0.25, -0.2) is 0 Å². The van der Waals surface area contributed by atoms with Gasteiger partial charge in [-0.1, -0.05) is 35.8 Å². The van der Waals surface area contributed by atoms with Gasteiger partial charge in [-0.15, -0.1) is 0 Å². The van der Waals surface area contributed by atoms with Gasteiger partial charge >= 0.3 is 0 Å². The molecule has 0 saturated carbocycles. The maximum atomic E-state index is 9.66. The van der Waals surface area contributed by atoms with Gasteiger partial charge in [-0.05, 0) is 31.0 Å². The first-order valence-electron chi connectivity index (χ1n) is 6.35. The van der Waals surface area contributed by atoms with Crippen molar-refractivity contribution in [2.45, 2.75) is 38.7 Å². The van der Waals surface area contributed by atoms with Gasteiger partial charge < -0.3 is 9.63 Å². The highest BCUT2D eigenvalue weighted by Gasteiger charge is 2.22. The summed E-state index contributed by atoms with van der Waals surface area (Å²) in [4.78, 5) is 4.35. The third kappa shape index (κ3) is 3.55. The molecule has 0 bridgehead atoms. The van der Waals surface area contributed by atoms with Gasteiger partial charge in [0.05, 0.1) is 12.0 Å². The van der Waals surface area contributed by atoms with E-state index in [4.69, 9.17) is 16.1 Å². The number of rotatable bonds is 5. The van der Waals surface area contributed by atoms with Crippen LogP contribution in [0.2, 0.25) is 5.02 Å². The minimum absolute atomic E-state index is 0.111. The molecule has 102 valence electrons. The van der Waals surface area contributed by atoms with Crippen molar-refractivity contribution in [2.75, 3.05) is 0 Å². The van der Waals surface area contributed by atoms with Crippen LogP contribution in [-0.2, 0) is 6.42 Å². The zero-order valence-corrected chi connectivity index (χ0v) is 11.8. The Bertz CT molecular complexity index is 540. The maximum absolute atomic E-state index is 9.66. The van der Waals surface area contributed by atoms with E-state index in [1.54, 1.807) is 6.92 Å². The molecule has 1 N–H and O–H groups in total. The molecule has 0 spiro atoms. The summed E-state index contributed by atoms with van der Waals surface area (Å²) in [6, 6.07) is 7.56. The van der Waals surface area contributed by atoms with Gasteiger partial charge in [-0.3, -0.25) is 0 Å². The molecule has 0 radical (unpaired) electrons. The van der Waals surface area contributed by atoms with E-state index in [0.717, 1.165) is 12.0 Å². The summed E-state index contributed by atoms with van der Waals surface area (Å²) in [6.45, 7) is 3.72. The molecule has 0 aliphatic rings. The van der Waals surface area contributed by atoms with Crippen molar-refractivity contribution in [1.82, 2.24) is 10.1 Å². The molecule has 1 aromatic heterocycles. The Hall–Kier alpha value is -1.39. The number of hydrogen-bond donors (Lipinski definition) is 1. The second-order valence-electron chi connectivity index (χ2n) is 4.61. The molecule has 4 nitrogen and oxygen atoms in total. The van der Waals surface area contributed by atoms with Gasteiger partial charge in [0.25, 0.3) is 0 Å². The van der Waals surface area contributed by atoms with Gasteiger partial charge in [-0.2, -0.15) is 4.98 Å². The Morgan fingerprint density at radius 1 is 1.42 bits per heavy atom. The zero-order valence-electron chi connectivity index (χ0n) is 11.0. The van der Waals surface area contributed by atoms with Gasteiger partial charge in [0, 0.05) is 11.4 Å². The largest absolute Gasteiger partial charge is 0.393 e. The minimum atomic E-state index is -0.496. The van der Waals surface area contributed by atoms with E-state index in [-0.39, 0.29) is 5.92 Å². The molecule has 0 aliphatic heterocycles. The van der Waals surface area contributed by atoms with Crippen LogP contribution in [0.4, 0.5) is 0 Å². The molecule has 2 atom stereocenters. The predicted octanol–water partition coefficient (Wildman–Crippen LogP) is 3.19. The summed E-state index contributed by atoms with van der Waals surface area (Å²) in [7, 11) is 0. The standard InChI is InChI=1S/C14H17ClN2O2/c1-3-12(9(2)18)14-16-13(17-19-14)8-10-5-4-6-11(15)7-10/h4-7,9,12,18H,3,8H2,1-2H3. The second-order valence-corrected chi connectivity index (χ2v) is 5.05. The van der Waals surface area contributed by atoms with Crippen molar-refractivity contribution >= 4 is 11.6 Å². The molecule has 2 aromatic rings. The van der Waals surface area contributed by atoms with E-state index in [9.17, 15) is 5.11 Å². The lowest BCUT2D eigenvalue weighted by molar-refractivity contribution is 0.141. The number of hydrogen-bond acceptors (Lipinski definition) is 4. The normalized spacial score (nSPS) is 14.3. The van der Waals surface area contributed by atoms with Crippen LogP contribution in [0, 0.1) is 0 Å². The maximum Gasteiger partial charge on any atom is 0.232 e. The van der Waals surface area contributed by atoms with Crippen molar-refractivity contribution in [1.29, 1.82) is 0 Å². The van der Waals surface area contributed by atoms with Crippen molar-refractivity contribution < 1.29 is 9.63 Å². The molecule has 19 heavy (non-hydrogen) atoms. The van der Waals surface area contributed by atoms with Crippen LogP contribution in [0.15, 0.2) is 28.8 Å². The van der Waals surface area contributed by atoms with E-state index >= 15 is 0 Å². The Morgan fingerprint density at radius 3 is 2.84 bits per heavy atom. The molecule has 0 saturated heterocycles. The molecular formula is C14H17ClN2O2. The van der Waals surface area contributed by atoms with Crippen molar-refractivity contribution in [2.24, 2.45) is 0 Å².